The number of nitrogens with zero attached hydrogens (tertiary/aromatic N) is 1. The Kier molecular flexibility index (Phi) is 4.54. The first-order valence-electron chi connectivity index (χ1n) is 7.32. The van der Waals surface area contributed by atoms with Crippen LogP contribution in [0.1, 0.15) is 31.5 Å². The van der Waals surface area contributed by atoms with Gasteiger partial charge in [0.15, 0.2) is 5.43 Å². The molecule has 0 fully saturated rings. The fourth-order valence-corrected chi connectivity index (χ4v) is 2.57. The monoisotopic (exact) mass is 303 g/mol. The third kappa shape index (κ3) is 3.13. The molecule has 0 amide bonds. The molecule has 0 saturated heterocycles. The number of aromatic nitrogens is 1. The molecular formula is C17H21NO4. The lowest BCUT2D eigenvalue weighted by Crippen LogP contribution is -2.18. The van der Waals surface area contributed by atoms with Crippen molar-refractivity contribution in [1.29, 1.82) is 0 Å². The Bertz CT molecular complexity index is 774. The van der Waals surface area contributed by atoms with Gasteiger partial charge in [0.05, 0.1) is 11.6 Å². The van der Waals surface area contributed by atoms with Crippen molar-refractivity contribution in [1.82, 2.24) is 4.57 Å². The van der Waals surface area contributed by atoms with Gasteiger partial charge in [-0.15, -0.1) is 0 Å². The minimum atomic E-state index is -0.904. The predicted molar refractivity (Wildman–Crippen MR) is 85.6 cm³/mol. The summed E-state index contributed by atoms with van der Waals surface area (Å²) in [4.78, 5) is 23.5. The molecule has 0 unspecified atom stereocenters. The summed E-state index contributed by atoms with van der Waals surface area (Å²) in [6, 6.07) is 5.45. The minimum absolute atomic E-state index is 0.0261. The molecule has 0 radical (unpaired) electrons. The molecule has 1 aromatic carbocycles. The molecule has 22 heavy (non-hydrogen) atoms. The van der Waals surface area contributed by atoms with Gasteiger partial charge in [0, 0.05) is 30.1 Å². The summed E-state index contributed by atoms with van der Waals surface area (Å²) in [6.07, 6.45) is 0.209. The molecule has 2 rings (SSSR count). The number of pyridine rings is 1. The lowest BCUT2D eigenvalue weighted by Gasteiger charge is -2.16. The molecule has 0 aliphatic rings. The lowest BCUT2D eigenvalue weighted by atomic mass is 10.0. The SMILES string of the molecule is Cc1c(CCC(=O)O)c(=O)c2cc(OC(C)C)ccc2n1C. The van der Waals surface area contributed by atoms with Gasteiger partial charge in [-0.25, -0.2) is 0 Å². The number of carbonyl (C=O) groups is 1. The summed E-state index contributed by atoms with van der Waals surface area (Å²) in [6.45, 7) is 5.70. The van der Waals surface area contributed by atoms with E-state index in [4.69, 9.17) is 9.84 Å². The Balaban J connectivity index is 2.61. The average molecular weight is 303 g/mol. The van der Waals surface area contributed by atoms with Crippen LogP contribution < -0.4 is 10.2 Å². The Morgan fingerprint density at radius 3 is 2.64 bits per heavy atom. The van der Waals surface area contributed by atoms with E-state index < -0.39 is 5.97 Å². The number of fused-ring (bicyclic) bond motifs is 1. The van der Waals surface area contributed by atoms with Gasteiger partial charge in [-0.1, -0.05) is 0 Å². The van der Waals surface area contributed by atoms with E-state index in [9.17, 15) is 9.59 Å². The van der Waals surface area contributed by atoms with Crippen molar-refractivity contribution in [3.63, 3.8) is 0 Å². The van der Waals surface area contributed by atoms with E-state index in [1.165, 1.54) is 0 Å². The van der Waals surface area contributed by atoms with Crippen LogP contribution in [-0.2, 0) is 18.3 Å². The Labute approximate surface area is 129 Å². The van der Waals surface area contributed by atoms with Gasteiger partial charge in [0.25, 0.3) is 0 Å². The van der Waals surface area contributed by atoms with Crippen LogP contribution in [0.4, 0.5) is 0 Å². The topological polar surface area (TPSA) is 68.5 Å². The molecule has 0 aliphatic carbocycles. The van der Waals surface area contributed by atoms with Crippen molar-refractivity contribution in [3.8, 4) is 5.75 Å². The molecule has 118 valence electrons. The van der Waals surface area contributed by atoms with Crippen LogP contribution in [0.5, 0.6) is 5.75 Å². The summed E-state index contributed by atoms with van der Waals surface area (Å²) in [5, 5.41) is 9.42. The normalized spacial score (nSPS) is 11.1. The van der Waals surface area contributed by atoms with Crippen molar-refractivity contribution in [2.24, 2.45) is 7.05 Å². The highest BCUT2D eigenvalue weighted by atomic mass is 16.5. The van der Waals surface area contributed by atoms with E-state index in [0.29, 0.717) is 16.7 Å². The van der Waals surface area contributed by atoms with Gasteiger partial charge < -0.3 is 14.4 Å². The van der Waals surface area contributed by atoms with Crippen molar-refractivity contribution in [2.75, 3.05) is 0 Å². The first-order chi connectivity index (χ1) is 10.3. The minimum Gasteiger partial charge on any atom is -0.491 e. The van der Waals surface area contributed by atoms with E-state index in [0.717, 1.165) is 11.2 Å². The standard InChI is InChI=1S/C17H21NO4/c1-10(2)22-12-5-7-15-14(9-12)17(21)13(6-8-16(19)20)11(3)18(15)4/h5,7,9-10H,6,8H2,1-4H3,(H,19,20). The molecule has 0 atom stereocenters. The van der Waals surface area contributed by atoms with Crippen LogP contribution in [-0.4, -0.2) is 21.7 Å². The molecule has 0 spiro atoms. The fraction of sp³-hybridized carbons (Fsp3) is 0.412. The number of hydrogen-bond donors (Lipinski definition) is 1. The van der Waals surface area contributed by atoms with Gasteiger partial charge in [-0.3, -0.25) is 9.59 Å². The molecule has 1 N–H and O–H groups in total. The maximum atomic E-state index is 12.7. The van der Waals surface area contributed by atoms with Gasteiger partial charge in [-0.05, 0) is 45.4 Å². The molecule has 5 nitrogen and oxygen atoms in total. The first kappa shape index (κ1) is 16.1. The van der Waals surface area contributed by atoms with Crippen molar-refractivity contribution < 1.29 is 14.6 Å². The number of benzene rings is 1. The fourth-order valence-electron chi connectivity index (χ4n) is 2.57. The van der Waals surface area contributed by atoms with Crippen LogP contribution in [0.2, 0.25) is 0 Å². The van der Waals surface area contributed by atoms with Crippen LogP contribution in [0, 0.1) is 6.92 Å². The Morgan fingerprint density at radius 2 is 2.05 bits per heavy atom. The van der Waals surface area contributed by atoms with Gasteiger partial charge in [0.1, 0.15) is 5.75 Å². The number of ether oxygens (including phenoxy) is 1. The zero-order valence-electron chi connectivity index (χ0n) is 13.3. The van der Waals surface area contributed by atoms with Gasteiger partial charge >= 0.3 is 5.97 Å². The summed E-state index contributed by atoms with van der Waals surface area (Å²) in [5.41, 5.74) is 2.06. The average Bonchev–Trinajstić information content (AvgIpc) is 2.44. The number of hydrogen-bond acceptors (Lipinski definition) is 3. The summed E-state index contributed by atoms with van der Waals surface area (Å²) >= 11 is 0. The quantitative estimate of drug-likeness (QED) is 0.922. The molecule has 2 aromatic rings. The third-order valence-electron chi connectivity index (χ3n) is 3.75. The lowest BCUT2D eigenvalue weighted by molar-refractivity contribution is -0.136. The highest BCUT2D eigenvalue weighted by Crippen LogP contribution is 2.22. The van der Waals surface area contributed by atoms with Gasteiger partial charge in [0.2, 0.25) is 0 Å². The summed E-state index contributed by atoms with van der Waals surface area (Å²) in [7, 11) is 1.88. The molecule has 5 heteroatoms. The number of aryl methyl sites for hydroxylation is 1. The largest absolute Gasteiger partial charge is 0.491 e. The number of rotatable bonds is 5. The van der Waals surface area contributed by atoms with E-state index in [1.807, 2.05) is 44.5 Å². The second-order valence-corrected chi connectivity index (χ2v) is 5.69. The van der Waals surface area contributed by atoms with E-state index in [2.05, 4.69) is 0 Å². The highest BCUT2D eigenvalue weighted by Gasteiger charge is 2.14. The predicted octanol–water partition coefficient (Wildman–Crippen LogP) is 2.65. The molecule has 1 heterocycles. The van der Waals surface area contributed by atoms with Gasteiger partial charge in [-0.2, -0.15) is 0 Å². The zero-order valence-corrected chi connectivity index (χ0v) is 13.3. The summed E-state index contributed by atoms with van der Waals surface area (Å²) < 4.78 is 7.57. The molecular weight excluding hydrogens is 282 g/mol. The second-order valence-electron chi connectivity index (χ2n) is 5.69. The molecule has 1 aromatic heterocycles. The Morgan fingerprint density at radius 1 is 1.36 bits per heavy atom. The number of aliphatic carboxylic acids is 1. The number of carboxylic acid groups (broad SMARTS) is 1. The molecule has 0 bridgehead atoms. The van der Waals surface area contributed by atoms with Crippen LogP contribution in [0.3, 0.4) is 0 Å². The van der Waals surface area contributed by atoms with E-state index in [1.54, 1.807) is 6.07 Å². The van der Waals surface area contributed by atoms with Crippen LogP contribution >= 0.6 is 0 Å². The molecule has 0 aliphatic heterocycles. The number of carboxylic acids is 1. The smallest absolute Gasteiger partial charge is 0.303 e. The molecule has 0 saturated carbocycles. The summed E-state index contributed by atoms with van der Waals surface area (Å²) in [5.74, 6) is -0.258. The zero-order chi connectivity index (χ0) is 16.4. The maximum absolute atomic E-state index is 12.7. The van der Waals surface area contributed by atoms with Crippen molar-refractivity contribution in [3.05, 3.63) is 39.7 Å². The van der Waals surface area contributed by atoms with Crippen molar-refractivity contribution in [2.45, 2.75) is 39.7 Å². The van der Waals surface area contributed by atoms with E-state index >= 15 is 0 Å². The third-order valence-corrected chi connectivity index (χ3v) is 3.75. The van der Waals surface area contributed by atoms with Crippen LogP contribution in [0.15, 0.2) is 23.0 Å². The van der Waals surface area contributed by atoms with Crippen molar-refractivity contribution >= 4 is 16.9 Å². The second kappa shape index (κ2) is 6.22. The van der Waals surface area contributed by atoms with E-state index in [-0.39, 0.29) is 24.4 Å². The Hall–Kier alpha value is -2.30. The highest BCUT2D eigenvalue weighted by molar-refractivity contribution is 5.82. The van der Waals surface area contributed by atoms with Crippen LogP contribution in [0.25, 0.3) is 10.9 Å². The maximum Gasteiger partial charge on any atom is 0.303 e. The first-order valence-corrected chi connectivity index (χ1v) is 7.32.